The first-order valence-electron chi connectivity index (χ1n) is 6.22. The average molecular weight is 292 g/mol. The minimum absolute atomic E-state index is 0.0837. The zero-order valence-electron chi connectivity index (χ0n) is 11.0. The summed E-state index contributed by atoms with van der Waals surface area (Å²) in [5, 5.41) is 14.1. The minimum Gasteiger partial charge on any atom is -0.360 e. The molecule has 0 atom stereocenters. The highest BCUT2D eigenvalue weighted by molar-refractivity contribution is 6.29. The van der Waals surface area contributed by atoms with Crippen LogP contribution in [0.5, 0.6) is 0 Å². The van der Waals surface area contributed by atoms with Gasteiger partial charge in [0, 0.05) is 12.6 Å². The van der Waals surface area contributed by atoms with Crippen LogP contribution in [0.25, 0.3) is 0 Å². The zero-order valence-corrected chi connectivity index (χ0v) is 11.7. The number of nitro groups is 1. The Morgan fingerprint density at radius 2 is 1.85 bits per heavy atom. The van der Waals surface area contributed by atoms with Crippen LogP contribution in [0.1, 0.15) is 18.1 Å². The predicted octanol–water partition coefficient (Wildman–Crippen LogP) is 3.82. The molecule has 0 saturated carbocycles. The molecule has 0 aliphatic heterocycles. The fourth-order valence-corrected chi connectivity index (χ4v) is 1.93. The first-order valence-corrected chi connectivity index (χ1v) is 6.60. The lowest BCUT2D eigenvalue weighted by Crippen LogP contribution is -2.04. The molecule has 1 N–H and O–H groups in total. The van der Waals surface area contributed by atoms with Gasteiger partial charge in [0.1, 0.15) is 5.15 Å². The second kappa shape index (κ2) is 6.34. The molecule has 0 radical (unpaired) electrons. The molecule has 2 aromatic rings. The summed E-state index contributed by atoms with van der Waals surface area (Å²) in [5.41, 5.74) is 2.19. The topological polar surface area (TPSA) is 68.1 Å². The summed E-state index contributed by atoms with van der Waals surface area (Å²) < 4.78 is 0. The molecule has 0 spiro atoms. The predicted molar refractivity (Wildman–Crippen MR) is 79.0 cm³/mol. The summed E-state index contributed by atoms with van der Waals surface area (Å²) in [6.45, 7) is 2.55. The number of halogens is 1. The van der Waals surface area contributed by atoms with Gasteiger partial charge >= 0.3 is 5.69 Å². The van der Waals surface area contributed by atoms with Crippen LogP contribution in [-0.2, 0) is 13.0 Å². The third-order valence-corrected chi connectivity index (χ3v) is 3.14. The van der Waals surface area contributed by atoms with Crippen LogP contribution >= 0.6 is 11.6 Å². The SMILES string of the molecule is CCc1ccc(CNc2nc(Cl)ccc2[N+](=O)[O-])cc1. The quantitative estimate of drug-likeness (QED) is 0.516. The number of nitrogens with zero attached hydrogens (tertiary/aromatic N) is 2. The third-order valence-electron chi connectivity index (χ3n) is 2.93. The normalized spacial score (nSPS) is 10.3. The largest absolute Gasteiger partial charge is 0.360 e. The van der Waals surface area contributed by atoms with Gasteiger partial charge in [-0.15, -0.1) is 0 Å². The number of benzene rings is 1. The van der Waals surface area contributed by atoms with Gasteiger partial charge in [0.2, 0.25) is 5.82 Å². The molecule has 2 rings (SSSR count). The molecule has 104 valence electrons. The summed E-state index contributed by atoms with van der Waals surface area (Å²) in [4.78, 5) is 14.4. The number of rotatable bonds is 5. The van der Waals surface area contributed by atoms with E-state index in [1.807, 2.05) is 24.3 Å². The fraction of sp³-hybridized carbons (Fsp3) is 0.214. The highest BCUT2D eigenvalue weighted by Crippen LogP contribution is 2.24. The number of nitrogens with one attached hydrogen (secondary N) is 1. The van der Waals surface area contributed by atoms with Crippen LogP contribution in [0.15, 0.2) is 36.4 Å². The van der Waals surface area contributed by atoms with Crippen molar-refractivity contribution < 1.29 is 4.92 Å². The Balaban J connectivity index is 2.13. The molecule has 0 aliphatic carbocycles. The molecule has 0 unspecified atom stereocenters. The maximum atomic E-state index is 10.9. The van der Waals surface area contributed by atoms with Crippen molar-refractivity contribution in [3.05, 3.63) is 62.8 Å². The van der Waals surface area contributed by atoms with E-state index in [-0.39, 0.29) is 16.7 Å². The molecule has 0 saturated heterocycles. The third kappa shape index (κ3) is 3.45. The molecule has 0 bridgehead atoms. The Kier molecular flexibility index (Phi) is 4.53. The number of hydrogen-bond donors (Lipinski definition) is 1. The van der Waals surface area contributed by atoms with Gasteiger partial charge in [-0.25, -0.2) is 4.98 Å². The lowest BCUT2D eigenvalue weighted by molar-refractivity contribution is -0.384. The molecular formula is C14H14ClN3O2. The van der Waals surface area contributed by atoms with Gasteiger partial charge in [0.05, 0.1) is 4.92 Å². The highest BCUT2D eigenvalue weighted by atomic mass is 35.5. The van der Waals surface area contributed by atoms with Gasteiger partial charge in [0.15, 0.2) is 0 Å². The van der Waals surface area contributed by atoms with Gasteiger partial charge in [-0.3, -0.25) is 10.1 Å². The van der Waals surface area contributed by atoms with Crippen LogP contribution in [0, 0.1) is 10.1 Å². The Morgan fingerprint density at radius 1 is 1.20 bits per heavy atom. The van der Waals surface area contributed by atoms with Crippen molar-refractivity contribution in [2.24, 2.45) is 0 Å². The number of aromatic nitrogens is 1. The van der Waals surface area contributed by atoms with Crippen molar-refractivity contribution in [2.45, 2.75) is 19.9 Å². The van der Waals surface area contributed by atoms with E-state index in [1.165, 1.54) is 17.7 Å². The number of aryl methyl sites for hydroxylation is 1. The summed E-state index contributed by atoms with van der Waals surface area (Å²) in [7, 11) is 0. The van der Waals surface area contributed by atoms with Gasteiger partial charge in [-0.1, -0.05) is 42.8 Å². The van der Waals surface area contributed by atoms with Crippen molar-refractivity contribution >= 4 is 23.1 Å². The summed E-state index contributed by atoms with van der Waals surface area (Å²) >= 11 is 5.77. The molecule has 5 nitrogen and oxygen atoms in total. The first-order chi connectivity index (χ1) is 9.60. The molecule has 1 aromatic carbocycles. The molecule has 20 heavy (non-hydrogen) atoms. The Hall–Kier alpha value is -2.14. The van der Waals surface area contributed by atoms with Gasteiger partial charge in [-0.2, -0.15) is 0 Å². The number of anilines is 1. The van der Waals surface area contributed by atoms with Crippen molar-refractivity contribution in [1.29, 1.82) is 0 Å². The van der Waals surface area contributed by atoms with Gasteiger partial charge in [0.25, 0.3) is 0 Å². The molecule has 0 aliphatic rings. The standard InChI is InChI=1S/C14H14ClN3O2/c1-2-10-3-5-11(6-4-10)9-16-14-12(18(19)20)7-8-13(15)17-14/h3-8H,2,9H2,1H3,(H,16,17). The van der Waals surface area contributed by atoms with Gasteiger partial charge in [-0.05, 0) is 23.6 Å². The highest BCUT2D eigenvalue weighted by Gasteiger charge is 2.15. The number of hydrogen-bond acceptors (Lipinski definition) is 4. The summed E-state index contributed by atoms with van der Waals surface area (Å²) in [5.74, 6) is 0.182. The van der Waals surface area contributed by atoms with E-state index in [4.69, 9.17) is 11.6 Å². The molecule has 0 fully saturated rings. The van der Waals surface area contributed by atoms with E-state index >= 15 is 0 Å². The lowest BCUT2D eigenvalue weighted by Gasteiger charge is -2.07. The second-order valence-corrected chi connectivity index (χ2v) is 4.67. The molecule has 6 heteroatoms. The van der Waals surface area contributed by atoms with Crippen LogP contribution in [-0.4, -0.2) is 9.91 Å². The Bertz CT molecular complexity index is 614. The van der Waals surface area contributed by atoms with Crippen LogP contribution in [0.3, 0.4) is 0 Å². The van der Waals surface area contributed by atoms with E-state index in [1.54, 1.807) is 0 Å². The Labute approximate surface area is 121 Å². The van der Waals surface area contributed by atoms with Crippen LogP contribution in [0.2, 0.25) is 5.15 Å². The molecular weight excluding hydrogens is 278 g/mol. The van der Waals surface area contributed by atoms with E-state index in [0.717, 1.165) is 12.0 Å². The maximum absolute atomic E-state index is 10.9. The number of pyridine rings is 1. The lowest BCUT2D eigenvalue weighted by atomic mass is 10.1. The smallest absolute Gasteiger partial charge is 0.311 e. The monoisotopic (exact) mass is 291 g/mol. The van der Waals surface area contributed by atoms with Crippen molar-refractivity contribution in [1.82, 2.24) is 4.98 Å². The molecule has 1 aromatic heterocycles. The maximum Gasteiger partial charge on any atom is 0.311 e. The summed E-state index contributed by atoms with van der Waals surface area (Å²) in [6.07, 6.45) is 0.981. The minimum atomic E-state index is -0.480. The van der Waals surface area contributed by atoms with Gasteiger partial charge < -0.3 is 5.32 Å². The average Bonchev–Trinajstić information content (AvgIpc) is 2.45. The molecule has 1 heterocycles. The zero-order chi connectivity index (χ0) is 14.5. The fourth-order valence-electron chi connectivity index (χ4n) is 1.78. The van der Waals surface area contributed by atoms with Crippen molar-refractivity contribution in [2.75, 3.05) is 5.32 Å². The van der Waals surface area contributed by atoms with Crippen molar-refractivity contribution in [3.8, 4) is 0 Å². The van der Waals surface area contributed by atoms with E-state index in [0.29, 0.717) is 6.54 Å². The van der Waals surface area contributed by atoms with Crippen LogP contribution < -0.4 is 5.32 Å². The second-order valence-electron chi connectivity index (χ2n) is 4.28. The van der Waals surface area contributed by atoms with Crippen LogP contribution in [0.4, 0.5) is 11.5 Å². The Morgan fingerprint density at radius 3 is 2.45 bits per heavy atom. The van der Waals surface area contributed by atoms with E-state index < -0.39 is 4.92 Å². The van der Waals surface area contributed by atoms with E-state index in [9.17, 15) is 10.1 Å². The summed E-state index contributed by atoms with van der Waals surface area (Å²) in [6, 6.07) is 10.8. The molecule has 0 amide bonds. The first kappa shape index (κ1) is 14.3. The van der Waals surface area contributed by atoms with E-state index in [2.05, 4.69) is 17.2 Å². The van der Waals surface area contributed by atoms with Crippen molar-refractivity contribution in [3.63, 3.8) is 0 Å².